The van der Waals surface area contributed by atoms with Gasteiger partial charge in [0, 0.05) is 17.8 Å². The first-order valence-corrected chi connectivity index (χ1v) is 11.9. The number of benzene rings is 2. The van der Waals surface area contributed by atoms with E-state index in [0.717, 1.165) is 23.4 Å². The number of rotatable bonds is 3. The number of anilines is 1. The fraction of sp³-hybridized carbons (Fsp3) is 0.381. The van der Waals surface area contributed by atoms with Gasteiger partial charge < -0.3 is 9.33 Å². The highest BCUT2D eigenvalue weighted by molar-refractivity contribution is 6.74. The van der Waals surface area contributed by atoms with E-state index in [1.54, 1.807) is 17.0 Å². The van der Waals surface area contributed by atoms with Gasteiger partial charge in [0.05, 0.1) is 0 Å². The molecule has 0 saturated heterocycles. The maximum Gasteiger partial charge on any atom is 0.258 e. The summed E-state index contributed by atoms with van der Waals surface area (Å²) >= 11 is 0. The SMILES string of the molecule is CC(C)(C)[Si](C)(C)Oc1ccc2c(c1)CCN(c1ccc(F)cc1)C2=O. The Balaban J connectivity index is 1.84. The highest BCUT2D eigenvalue weighted by Crippen LogP contribution is 2.38. The molecular weight excluding hydrogens is 345 g/mol. The predicted octanol–water partition coefficient (Wildman–Crippen LogP) is 5.41. The minimum atomic E-state index is -1.91. The average molecular weight is 372 g/mol. The van der Waals surface area contributed by atoms with E-state index >= 15 is 0 Å². The van der Waals surface area contributed by atoms with Gasteiger partial charge in [0.2, 0.25) is 8.32 Å². The van der Waals surface area contributed by atoms with Crippen LogP contribution in [0.5, 0.6) is 5.75 Å². The minimum Gasteiger partial charge on any atom is -0.543 e. The van der Waals surface area contributed by atoms with E-state index in [2.05, 4.69) is 33.9 Å². The van der Waals surface area contributed by atoms with E-state index in [9.17, 15) is 9.18 Å². The van der Waals surface area contributed by atoms with Crippen molar-refractivity contribution >= 4 is 19.9 Å². The Morgan fingerprint density at radius 1 is 1.08 bits per heavy atom. The Labute approximate surface area is 155 Å². The quantitative estimate of drug-likeness (QED) is 0.675. The van der Waals surface area contributed by atoms with Crippen LogP contribution in [-0.2, 0) is 6.42 Å². The molecule has 1 heterocycles. The topological polar surface area (TPSA) is 29.5 Å². The van der Waals surface area contributed by atoms with Crippen molar-refractivity contribution in [3.05, 3.63) is 59.4 Å². The maximum atomic E-state index is 13.1. The molecule has 3 nitrogen and oxygen atoms in total. The summed E-state index contributed by atoms with van der Waals surface area (Å²) in [6.45, 7) is 11.6. The number of hydrogen-bond donors (Lipinski definition) is 0. The van der Waals surface area contributed by atoms with Crippen LogP contribution in [0.1, 0.15) is 36.7 Å². The fourth-order valence-corrected chi connectivity index (χ4v) is 3.87. The molecule has 2 aromatic carbocycles. The van der Waals surface area contributed by atoms with Crippen molar-refractivity contribution in [3.63, 3.8) is 0 Å². The van der Waals surface area contributed by atoms with Crippen LogP contribution in [0.4, 0.5) is 10.1 Å². The Kier molecular flexibility index (Phi) is 4.69. The summed E-state index contributed by atoms with van der Waals surface area (Å²) < 4.78 is 19.5. The van der Waals surface area contributed by atoms with Crippen LogP contribution in [0, 0.1) is 5.82 Å². The molecule has 1 aliphatic rings. The Bertz CT molecular complexity index is 825. The molecule has 138 valence electrons. The van der Waals surface area contributed by atoms with Gasteiger partial charge in [-0.1, -0.05) is 20.8 Å². The van der Waals surface area contributed by atoms with Crippen molar-refractivity contribution in [2.75, 3.05) is 11.4 Å². The van der Waals surface area contributed by atoms with Crippen molar-refractivity contribution < 1.29 is 13.6 Å². The Hall–Kier alpha value is -2.14. The minimum absolute atomic E-state index is 0.0447. The van der Waals surface area contributed by atoms with Gasteiger partial charge in [-0.25, -0.2) is 4.39 Å². The highest BCUT2D eigenvalue weighted by Gasteiger charge is 2.39. The fourth-order valence-electron chi connectivity index (χ4n) is 2.84. The van der Waals surface area contributed by atoms with Crippen LogP contribution in [0.3, 0.4) is 0 Å². The van der Waals surface area contributed by atoms with Gasteiger partial charge >= 0.3 is 0 Å². The lowest BCUT2D eigenvalue weighted by Crippen LogP contribution is -2.44. The molecule has 0 saturated carbocycles. The summed E-state index contributed by atoms with van der Waals surface area (Å²) in [5.41, 5.74) is 2.44. The molecule has 0 bridgehead atoms. The lowest BCUT2D eigenvalue weighted by Gasteiger charge is -2.37. The summed E-state index contributed by atoms with van der Waals surface area (Å²) in [4.78, 5) is 14.6. The van der Waals surface area contributed by atoms with Gasteiger partial charge in [0.15, 0.2) is 0 Å². The van der Waals surface area contributed by atoms with Gasteiger partial charge in [-0.3, -0.25) is 4.79 Å². The molecule has 1 aliphatic heterocycles. The molecule has 0 radical (unpaired) electrons. The third-order valence-electron chi connectivity index (χ3n) is 5.47. The first-order valence-electron chi connectivity index (χ1n) is 8.98. The molecule has 0 fully saturated rings. The number of fused-ring (bicyclic) bond motifs is 1. The van der Waals surface area contributed by atoms with Crippen LogP contribution < -0.4 is 9.33 Å². The smallest absolute Gasteiger partial charge is 0.258 e. The first-order chi connectivity index (χ1) is 12.1. The predicted molar refractivity (Wildman–Crippen MR) is 106 cm³/mol. The van der Waals surface area contributed by atoms with E-state index < -0.39 is 8.32 Å². The standard InChI is InChI=1S/C21H26FNO2Si/c1-21(2,3)26(4,5)25-18-10-11-19-15(14-18)12-13-23(20(19)24)17-8-6-16(22)7-9-17/h6-11,14H,12-13H2,1-5H3. The molecule has 3 rings (SSSR count). The molecule has 26 heavy (non-hydrogen) atoms. The Morgan fingerprint density at radius 3 is 2.35 bits per heavy atom. The van der Waals surface area contributed by atoms with Gasteiger partial charge in [-0.05, 0) is 72.6 Å². The van der Waals surface area contributed by atoms with Gasteiger partial charge in [0.1, 0.15) is 11.6 Å². The van der Waals surface area contributed by atoms with Gasteiger partial charge in [-0.15, -0.1) is 0 Å². The molecular formula is C21H26FNO2Si. The summed E-state index contributed by atoms with van der Waals surface area (Å²) in [6, 6.07) is 11.8. The molecule has 2 aromatic rings. The van der Waals surface area contributed by atoms with Crippen LogP contribution in [0.2, 0.25) is 18.1 Å². The molecule has 0 spiro atoms. The molecule has 0 unspecified atom stereocenters. The second-order valence-corrected chi connectivity index (χ2v) is 13.1. The summed E-state index contributed by atoms with van der Waals surface area (Å²) in [6.07, 6.45) is 0.757. The van der Waals surface area contributed by atoms with Gasteiger partial charge in [-0.2, -0.15) is 0 Å². The first kappa shape index (κ1) is 18.6. The van der Waals surface area contributed by atoms with Crippen LogP contribution in [-0.4, -0.2) is 20.8 Å². The third kappa shape index (κ3) is 3.54. The summed E-state index contributed by atoms with van der Waals surface area (Å²) in [7, 11) is -1.91. The molecule has 5 heteroatoms. The molecule has 1 amide bonds. The highest BCUT2D eigenvalue weighted by atomic mass is 28.4. The largest absolute Gasteiger partial charge is 0.543 e. The van der Waals surface area contributed by atoms with Crippen molar-refractivity contribution in [3.8, 4) is 5.75 Å². The second kappa shape index (κ2) is 6.54. The number of carbonyl (C=O) groups excluding carboxylic acids is 1. The Morgan fingerprint density at radius 2 is 1.73 bits per heavy atom. The number of halogens is 1. The summed E-state index contributed by atoms with van der Waals surface area (Å²) in [5, 5.41) is 0.123. The van der Waals surface area contributed by atoms with Crippen LogP contribution in [0.25, 0.3) is 0 Å². The van der Waals surface area contributed by atoms with E-state index in [1.165, 1.54) is 12.1 Å². The number of carbonyl (C=O) groups is 1. The molecule has 0 N–H and O–H groups in total. The van der Waals surface area contributed by atoms with Crippen molar-refractivity contribution in [2.24, 2.45) is 0 Å². The third-order valence-corrected chi connectivity index (χ3v) is 9.83. The lowest BCUT2D eigenvalue weighted by molar-refractivity contribution is 0.0980. The van der Waals surface area contributed by atoms with Gasteiger partial charge in [0.25, 0.3) is 5.91 Å². The van der Waals surface area contributed by atoms with E-state index in [4.69, 9.17) is 4.43 Å². The average Bonchev–Trinajstić information content (AvgIpc) is 2.55. The molecule has 0 aromatic heterocycles. The number of hydrogen-bond acceptors (Lipinski definition) is 2. The second-order valence-electron chi connectivity index (χ2n) is 8.36. The number of amides is 1. The van der Waals surface area contributed by atoms with E-state index in [-0.39, 0.29) is 16.8 Å². The summed E-state index contributed by atoms with van der Waals surface area (Å²) in [5.74, 6) is 0.501. The van der Waals surface area contributed by atoms with Crippen molar-refractivity contribution in [1.29, 1.82) is 0 Å². The maximum absolute atomic E-state index is 13.1. The van der Waals surface area contributed by atoms with E-state index in [1.807, 2.05) is 18.2 Å². The van der Waals surface area contributed by atoms with Crippen LogP contribution >= 0.6 is 0 Å². The monoisotopic (exact) mass is 371 g/mol. The van der Waals surface area contributed by atoms with E-state index in [0.29, 0.717) is 12.1 Å². The normalized spacial score (nSPS) is 15.0. The lowest BCUT2D eigenvalue weighted by atomic mass is 9.98. The molecule has 0 atom stereocenters. The zero-order valence-electron chi connectivity index (χ0n) is 16.1. The zero-order valence-corrected chi connectivity index (χ0v) is 17.1. The van der Waals surface area contributed by atoms with Crippen molar-refractivity contribution in [2.45, 2.75) is 45.3 Å². The zero-order chi connectivity index (χ0) is 19.1. The number of nitrogens with zero attached hydrogens (tertiary/aromatic N) is 1. The molecule has 0 aliphatic carbocycles. The van der Waals surface area contributed by atoms with Crippen LogP contribution in [0.15, 0.2) is 42.5 Å². The van der Waals surface area contributed by atoms with Crippen molar-refractivity contribution in [1.82, 2.24) is 0 Å².